The molecule has 1 unspecified atom stereocenters. The first-order valence-electron chi connectivity index (χ1n) is 7.09. The van der Waals surface area contributed by atoms with Crippen LogP contribution < -0.4 is 5.32 Å². The zero-order valence-corrected chi connectivity index (χ0v) is 11.8. The van der Waals surface area contributed by atoms with Crippen molar-refractivity contribution in [3.05, 3.63) is 41.6 Å². The first kappa shape index (κ1) is 14.4. The number of carboxylic acids is 1. The highest BCUT2D eigenvalue weighted by Gasteiger charge is 2.28. The Labute approximate surface area is 126 Å². The summed E-state index contributed by atoms with van der Waals surface area (Å²) < 4.78 is 12.7. The van der Waals surface area contributed by atoms with E-state index in [9.17, 15) is 14.0 Å². The fraction of sp³-hybridized carbons (Fsp3) is 0.312. The molecule has 1 saturated carbocycles. The van der Waals surface area contributed by atoms with Crippen molar-refractivity contribution in [3.8, 4) is 0 Å². The molecule has 0 saturated heterocycles. The van der Waals surface area contributed by atoms with E-state index >= 15 is 0 Å². The lowest BCUT2D eigenvalue weighted by atomic mass is 10.0. The van der Waals surface area contributed by atoms with E-state index in [0.717, 1.165) is 18.5 Å². The number of rotatable bonds is 5. The number of nitrogens with zero attached hydrogens (tertiary/aromatic N) is 1. The third kappa shape index (κ3) is 2.77. The fourth-order valence-corrected chi connectivity index (χ4v) is 2.37. The number of para-hydroxylation sites is 1. The van der Waals surface area contributed by atoms with Gasteiger partial charge in [0.05, 0.1) is 11.1 Å². The van der Waals surface area contributed by atoms with Crippen molar-refractivity contribution in [2.75, 3.05) is 6.67 Å². The quantitative estimate of drug-likeness (QED) is 0.888. The van der Waals surface area contributed by atoms with E-state index < -0.39 is 24.6 Å². The molecule has 0 bridgehead atoms. The number of pyridine rings is 1. The van der Waals surface area contributed by atoms with Gasteiger partial charge in [0.25, 0.3) is 5.91 Å². The molecule has 1 amide bonds. The third-order valence-electron chi connectivity index (χ3n) is 3.73. The maximum atomic E-state index is 12.7. The van der Waals surface area contributed by atoms with E-state index in [0.29, 0.717) is 22.4 Å². The molecule has 1 atom stereocenters. The van der Waals surface area contributed by atoms with Crippen LogP contribution >= 0.6 is 0 Å². The molecule has 1 aliphatic rings. The largest absolute Gasteiger partial charge is 0.480 e. The van der Waals surface area contributed by atoms with Crippen LogP contribution in [0.2, 0.25) is 0 Å². The molecular formula is C16H15FN2O3. The molecule has 0 aliphatic heterocycles. The summed E-state index contributed by atoms with van der Waals surface area (Å²) in [6.07, 6.45) is 2.07. The number of carboxylic acid groups (broad SMARTS) is 1. The van der Waals surface area contributed by atoms with E-state index in [1.807, 2.05) is 12.1 Å². The zero-order chi connectivity index (χ0) is 15.7. The van der Waals surface area contributed by atoms with Gasteiger partial charge in [0.1, 0.15) is 6.67 Å². The topological polar surface area (TPSA) is 79.3 Å². The SMILES string of the molecule is O=C(NC(CF)C(=O)O)c1cc(C2CC2)nc2ccccc12. The van der Waals surface area contributed by atoms with Crippen LogP contribution in [-0.2, 0) is 4.79 Å². The van der Waals surface area contributed by atoms with Gasteiger partial charge in [-0.1, -0.05) is 18.2 Å². The van der Waals surface area contributed by atoms with Gasteiger partial charge in [-0.3, -0.25) is 9.78 Å². The molecule has 2 aromatic rings. The second-order valence-electron chi connectivity index (χ2n) is 5.40. The molecule has 0 spiro atoms. The maximum absolute atomic E-state index is 12.7. The van der Waals surface area contributed by atoms with Crippen molar-refractivity contribution in [2.24, 2.45) is 0 Å². The Bertz CT molecular complexity index is 743. The number of aliphatic carboxylic acids is 1. The van der Waals surface area contributed by atoms with E-state index in [1.165, 1.54) is 0 Å². The number of aromatic nitrogens is 1. The summed E-state index contributed by atoms with van der Waals surface area (Å²) in [5.41, 5.74) is 1.85. The van der Waals surface area contributed by atoms with Crippen molar-refractivity contribution in [3.63, 3.8) is 0 Å². The highest BCUT2D eigenvalue weighted by molar-refractivity contribution is 6.07. The van der Waals surface area contributed by atoms with Gasteiger partial charge >= 0.3 is 5.97 Å². The predicted octanol–water partition coefficient (Wildman–Crippen LogP) is 2.26. The number of nitrogens with one attached hydrogen (secondary N) is 1. The number of carbonyl (C=O) groups excluding carboxylic acids is 1. The Morgan fingerprint density at radius 2 is 2.09 bits per heavy atom. The number of fused-ring (bicyclic) bond motifs is 1. The van der Waals surface area contributed by atoms with Crippen molar-refractivity contribution in [1.29, 1.82) is 0 Å². The number of hydrogen-bond acceptors (Lipinski definition) is 3. The molecule has 6 heteroatoms. The molecule has 114 valence electrons. The molecule has 2 N–H and O–H groups in total. The van der Waals surface area contributed by atoms with Gasteiger partial charge in [0, 0.05) is 17.0 Å². The number of benzene rings is 1. The standard InChI is InChI=1S/C16H15FN2O3/c17-8-14(16(21)22)19-15(20)11-7-13(9-5-6-9)18-12-4-2-1-3-10(11)12/h1-4,7,9,14H,5-6,8H2,(H,19,20)(H,21,22). The molecule has 1 fully saturated rings. The van der Waals surface area contributed by atoms with E-state index in [2.05, 4.69) is 10.3 Å². The summed E-state index contributed by atoms with van der Waals surface area (Å²) in [7, 11) is 0. The third-order valence-corrected chi connectivity index (χ3v) is 3.73. The van der Waals surface area contributed by atoms with Gasteiger partial charge in [-0.15, -0.1) is 0 Å². The second-order valence-corrected chi connectivity index (χ2v) is 5.40. The Balaban J connectivity index is 2.00. The molecular weight excluding hydrogens is 287 g/mol. The molecule has 3 rings (SSSR count). The van der Waals surface area contributed by atoms with Crippen LogP contribution in [0.4, 0.5) is 4.39 Å². The van der Waals surface area contributed by atoms with Gasteiger partial charge in [0.15, 0.2) is 6.04 Å². The maximum Gasteiger partial charge on any atom is 0.328 e. The minimum atomic E-state index is -1.54. The Morgan fingerprint density at radius 1 is 1.36 bits per heavy atom. The van der Waals surface area contributed by atoms with Crippen LogP contribution in [0, 0.1) is 0 Å². The number of carbonyl (C=O) groups is 2. The van der Waals surface area contributed by atoms with E-state index in [4.69, 9.17) is 5.11 Å². The smallest absolute Gasteiger partial charge is 0.328 e. The first-order chi connectivity index (χ1) is 10.6. The van der Waals surface area contributed by atoms with Crippen LogP contribution in [0.1, 0.15) is 34.8 Å². The minimum absolute atomic E-state index is 0.340. The second kappa shape index (κ2) is 5.71. The van der Waals surface area contributed by atoms with Crippen LogP contribution in [-0.4, -0.2) is 34.7 Å². The molecule has 22 heavy (non-hydrogen) atoms. The average molecular weight is 302 g/mol. The van der Waals surface area contributed by atoms with Gasteiger partial charge < -0.3 is 10.4 Å². The average Bonchev–Trinajstić information content (AvgIpc) is 3.35. The lowest BCUT2D eigenvalue weighted by Crippen LogP contribution is -2.42. The normalized spacial score (nSPS) is 15.5. The van der Waals surface area contributed by atoms with E-state index in [-0.39, 0.29) is 0 Å². The van der Waals surface area contributed by atoms with Crippen molar-refractivity contribution >= 4 is 22.8 Å². The van der Waals surface area contributed by atoms with Gasteiger partial charge in [-0.2, -0.15) is 0 Å². The fourth-order valence-electron chi connectivity index (χ4n) is 2.37. The molecule has 0 radical (unpaired) electrons. The van der Waals surface area contributed by atoms with Crippen LogP contribution in [0.5, 0.6) is 0 Å². The molecule has 1 heterocycles. The lowest BCUT2D eigenvalue weighted by molar-refractivity contribution is -0.139. The summed E-state index contributed by atoms with van der Waals surface area (Å²) in [6, 6.07) is 7.31. The Morgan fingerprint density at radius 3 is 2.73 bits per heavy atom. The summed E-state index contributed by atoms with van der Waals surface area (Å²) in [6.45, 7) is -1.15. The summed E-state index contributed by atoms with van der Waals surface area (Å²) in [5, 5.41) is 11.7. The molecule has 5 nitrogen and oxygen atoms in total. The van der Waals surface area contributed by atoms with Crippen molar-refractivity contribution in [1.82, 2.24) is 10.3 Å². The molecule has 1 aromatic carbocycles. The van der Waals surface area contributed by atoms with Crippen molar-refractivity contribution < 1.29 is 19.1 Å². The summed E-state index contributed by atoms with van der Waals surface area (Å²) in [5.74, 6) is -1.63. The zero-order valence-electron chi connectivity index (χ0n) is 11.8. The lowest BCUT2D eigenvalue weighted by Gasteiger charge is -2.13. The summed E-state index contributed by atoms with van der Waals surface area (Å²) in [4.78, 5) is 27.8. The minimum Gasteiger partial charge on any atom is -0.480 e. The molecule has 1 aliphatic carbocycles. The number of hydrogen-bond donors (Lipinski definition) is 2. The number of amides is 1. The van der Waals surface area contributed by atoms with Crippen LogP contribution in [0.3, 0.4) is 0 Å². The van der Waals surface area contributed by atoms with E-state index in [1.54, 1.807) is 18.2 Å². The highest BCUT2D eigenvalue weighted by atomic mass is 19.1. The number of alkyl halides is 1. The summed E-state index contributed by atoms with van der Waals surface area (Å²) >= 11 is 0. The Hall–Kier alpha value is -2.50. The van der Waals surface area contributed by atoms with Crippen LogP contribution in [0.25, 0.3) is 10.9 Å². The highest BCUT2D eigenvalue weighted by Crippen LogP contribution is 2.40. The van der Waals surface area contributed by atoms with Gasteiger partial charge in [0.2, 0.25) is 0 Å². The van der Waals surface area contributed by atoms with Gasteiger partial charge in [-0.05, 0) is 25.0 Å². The molecule has 1 aromatic heterocycles. The number of halogens is 1. The predicted molar refractivity (Wildman–Crippen MR) is 78.6 cm³/mol. The van der Waals surface area contributed by atoms with Gasteiger partial charge in [-0.25, -0.2) is 9.18 Å². The Kier molecular flexibility index (Phi) is 3.75. The first-order valence-corrected chi connectivity index (χ1v) is 7.09. The van der Waals surface area contributed by atoms with Crippen molar-refractivity contribution in [2.45, 2.75) is 24.8 Å². The monoisotopic (exact) mass is 302 g/mol. The van der Waals surface area contributed by atoms with Crippen LogP contribution in [0.15, 0.2) is 30.3 Å².